The second-order valence-electron chi connectivity index (χ2n) is 3.22. The number of rotatable bonds is 2. The third-order valence-electron chi connectivity index (χ3n) is 2.05. The van der Waals surface area contributed by atoms with Crippen LogP contribution in [-0.2, 0) is 4.79 Å². The molecular weight excluding hydrogens is 186 g/mol. The van der Waals surface area contributed by atoms with Crippen molar-refractivity contribution in [3.8, 4) is 0 Å². The molecule has 1 fully saturated rings. The van der Waals surface area contributed by atoms with Crippen LogP contribution in [0.15, 0.2) is 5.16 Å². The summed E-state index contributed by atoms with van der Waals surface area (Å²) in [4.78, 5) is 15.2. The van der Waals surface area contributed by atoms with Crippen molar-refractivity contribution < 1.29 is 4.79 Å². The molecule has 0 aliphatic heterocycles. The second-order valence-corrected chi connectivity index (χ2v) is 4.49. The quantitative estimate of drug-likeness (QED) is 0.777. The molecule has 0 radical (unpaired) electrons. The van der Waals surface area contributed by atoms with E-state index in [9.17, 15) is 4.79 Å². The summed E-state index contributed by atoms with van der Waals surface area (Å²) in [5.74, 6) is 1.19. The number of aromatic nitrogens is 3. The molecule has 1 aromatic heterocycles. The van der Waals surface area contributed by atoms with Gasteiger partial charge in [-0.05, 0) is 13.3 Å². The molecular formula is C8H11N3OS. The number of hydrogen-bond acceptors (Lipinski definition) is 4. The van der Waals surface area contributed by atoms with Gasteiger partial charge in [-0.2, -0.15) is 0 Å². The SMILES string of the molecule is Cc1nc(SC2CCC(=O)C2)n[nH]1. The van der Waals surface area contributed by atoms with Gasteiger partial charge in [-0.15, -0.1) is 5.10 Å². The zero-order chi connectivity index (χ0) is 9.26. The van der Waals surface area contributed by atoms with Crippen LogP contribution >= 0.6 is 11.8 Å². The van der Waals surface area contributed by atoms with Crippen LogP contribution in [0.2, 0.25) is 0 Å². The predicted molar refractivity (Wildman–Crippen MR) is 49.6 cm³/mol. The number of Topliss-reactive ketones (excluding diaryl/α,β-unsaturated/α-hetero) is 1. The number of carbonyl (C=O) groups is 1. The van der Waals surface area contributed by atoms with Crippen molar-refractivity contribution in [2.75, 3.05) is 0 Å². The minimum absolute atomic E-state index is 0.366. The Labute approximate surface area is 80.5 Å². The van der Waals surface area contributed by atoms with Gasteiger partial charge < -0.3 is 0 Å². The number of nitrogens with zero attached hydrogens (tertiary/aromatic N) is 2. The van der Waals surface area contributed by atoms with Gasteiger partial charge in [-0.3, -0.25) is 9.89 Å². The number of nitrogens with one attached hydrogen (secondary N) is 1. The maximum absolute atomic E-state index is 11.0. The van der Waals surface area contributed by atoms with Crippen molar-refractivity contribution in [2.45, 2.75) is 36.6 Å². The van der Waals surface area contributed by atoms with Crippen LogP contribution < -0.4 is 0 Å². The summed E-state index contributed by atoms with van der Waals surface area (Å²) in [5, 5.41) is 7.96. The lowest BCUT2D eigenvalue weighted by Gasteiger charge is -2.01. The van der Waals surface area contributed by atoms with Crippen molar-refractivity contribution in [2.24, 2.45) is 0 Å². The van der Waals surface area contributed by atoms with Gasteiger partial charge in [0.25, 0.3) is 0 Å². The van der Waals surface area contributed by atoms with Gasteiger partial charge >= 0.3 is 0 Å². The van der Waals surface area contributed by atoms with Gasteiger partial charge in [0.05, 0.1) is 0 Å². The molecule has 2 rings (SSSR count). The molecule has 1 N–H and O–H groups in total. The lowest BCUT2D eigenvalue weighted by molar-refractivity contribution is -0.117. The number of thioether (sulfide) groups is 1. The fourth-order valence-corrected chi connectivity index (χ4v) is 2.50. The first-order chi connectivity index (χ1) is 6.24. The lowest BCUT2D eigenvalue weighted by Crippen LogP contribution is -1.96. The van der Waals surface area contributed by atoms with E-state index in [-0.39, 0.29) is 0 Å². The molecule has 0 amide bonds. The Morgan fingerprint density at radius 2 is 2.46 bits per heavy atom. The molecule has 1 saturated carbocycles. The summed E-state index contributed by atoms with van der Waals surface area (Å²) < 4.78 is 0. The van der Waals surface area contributed by atoms with Crippen LogP contribution in [0.4, 0.5) is 0 Å². The molecule has 1 aromatic rings. The summed E-state index contributed by atoms with van der Waals surface area (Å²) in [6.45, 7) is 1.87. The van der Waals surface area contributed by atoms with Crippen molar-refractivity contribution in [1.29, 1.82) is 0 Å². The molecule has 0 saturated heterocycles. The first-order valence-electron chi connectivity index (χ1n) is 4.31. The van der Waals surface area contributed by atoms with Gasteiger partial charge in [-0.25, -0.2) is 4.98 Å². The Kier molecular flexibility index (Phi) is 2.35. The minimum Gasteiger partial charge on any atom is -0.300 e. The monoisotopic (exact) mass is 197 g/mol. The first-order valence-corrected chi connectivity index (χ1v) is 5.19. The Hall–Kier alpha value is -0.840. The van der Waals surface area contributed by atoms with E-state index in [1.807, 2.05) is 6.92 Å². The van der Waals surface area contributed by atoms with Crippen molar-refractivity contribution in [3.05, 3.63) is 5.82 Å². The van der Waals surface area contributed by atoms with E-state index in [0.717, 1.165) is 23.8 Å². The number of hydrogen-bond donors (Lipinski definition) is 1. The van der Waals surface area contributed by atoms with Crippen molar-refractivity contribution in [1.82, 2.24) is 15.2 Å². The van der Waals surface area contributed by atoms with Crippen LogP contribution in [0, 0.1) is 6.92 Å². The molecule has 0 aromatic carbocycles. The molecule has 0 bridgehead atoms. The summed E-state index contributed by atoms with van der Waals surface area (Å²) in [7, 11) is 0. The van der Waals surface area contributed by atoms with Gasteiger partial charge in [0.2, 0.25) is 5.16 Å². The number of H-pyrrole nitrogens is 1. The van der Waals surface area contributed by atoms with Gasteiger partial charge in [0, 0.05) is 18.1 Å². The predicted octanol–water partition coefficient (Wildman–Crippen LogP) is 1.33. The van der Waals surface area contributed by atoms with Crippen molar-refractivity contribution >= 4 is 17.5 Å². The molecule has 70 valence electrons. The van der Waals surface area contributed by atoms with Crippen LogP contribution in [0.3, 0.4) is 0 Å². The van der Waals surface area contributed by atoms with E-state index in [2.05, 4.69) is 15.2 Å². The fourth-order valence-electron chi connectivity index (χ4n) is 1.40. The topological polar surface area (TPSA) is 58.6 Å². The van der Waals surface area contributed by atoms with Crippen LogP contribution in [0.25, 0.3) is 0 Å². The lowest BCUT2D eigenvalue weighted by atomic mass is 10.4. The molecule has 5 heteroatoms. The summed E-state index contributed by atoms with van der Waals surface area (Å²) in [6.07, 6.45) is 2.37. The van der Waals surface area contributed by atoms with Gasteiger partial charge in [0.15, 0.2) is 0 Å². The van der Waals surface area contributed by atoms with Crippen molar-refractivity contribution in [3.63, 3.8) is 0 Å². The highest BCUT2D eigenvalue weighted by Crippen LogP contribution is 2.30. The number of ketones is 1. The first kappa shape index (κ1) is 8.74. The standard InChI is InChI=1S/C8H11N3OS/c1-5-9-8(11-10-5)13-7-3-2-6(12)4-7/h7H,2-4H2,1H3,(H,9,10,11). The van der Waals surface area contributed by atoms with Gasteiger partial charge in [-0.1, -0.05) is 11.8 Å². The molecule has 1 heterocycles. The highest BCUT2D eigenvalue weighted by molar-refractivity contribution is 7.99. The number of carbonyl (C=O) groups excluding carboxylic acids is 1. The van der Waals surface area contributed by atoms with Crippen LogP contribution in [0.1, 0.15) is 25.1 Å². The fraction of sp³-hybridized carbons (Fsp3) is 0.625. The van der Waals surface area contributed by atoms with E-state index in [1.165, 1.54) is 0 Å². The molecule has 4 nitrogen and oxygen atoms in total. The number of aryl methyl sites for hydroxylation is 1. The third-order valence-corrected chi connectivity index (χ3v) is 3.18. The van der Waals surface area contributed by atoms with E-state index < -0.39 is 0 Å². The number of aromatic amines is 1. The maximum atomic E-state index is 11.0. The van der Waals surface area contributed by atoms with Crippen LogP contribution in [0.5, 0.6) is 0 Å². The van der Waals surface area contributed by atoms with E-state index in [1.54, 1.807) is 11.8 Å². The van der Waals surface area contributed by atoms with Gasteiger partial charge in [0.1, 0.15) is 11.6 Å². The molecule has 1 aliphatic rings. The summed E-state index contributed by atoms with van der Waals surface area (Å²) in [6, 6.07) is 0. The maximum Gasteiger partial charge on any atom is 0.208 e. The highest BCUT2D eigenvalue weighted by Gasteiger charge is 2.24. The second kappa shape index (κ2) is 3.49. The average Bonchev–Trinajstić information content (AvgIpc) is 2.62. The zero-order valence-corrected chi connectivity index (χ0v) is 8.23. The molecule has 1 aliphatic carbocycles. The molecule has 1 atom stereocenters. The molecule has 0 spiro atoms. The molecule has 13 heavy (non-hydrogen) atoms. The summed E-state index contributed by atoms with van der Waals surface area (Å²) in [5.41, 5.74) is 0. The minimum atomic E-state index is 0.366. The Bertz CT molecular complexity index is 323. The highest BCUT2D eigenvalue weighted by atomic mass is 32.2. The zero-order valence-electron chi connectivity index (χ0n) is 7.41. The van der Waals surface area contributed by atoms with E-state index >= 15 is 0 Å². The largest absolute Gasteiger partial charge is 0.300 e. The Morgan fingerprint density at radius 3 is 3.00 bits per heavy atom. The average molecular weight is 197 g/mol. The smallest absolute Gasteiger partial charge is 0.208 e. The Morgan fingerprint density at radius 1 is 1.62 bits per heavy atom. The molecule has 1 unspecified atom stereocenters. The van der Waals surface area contributed by atoms with Crippen LogP contribution in [-0.4, -0.2) is 26.2 Å². The van der Waals surface area contributed by atoms with E-state index in [0.29, 0.717) is 17.5 Å². The Balaban J connectivity index is 1.95. The third kappa shape index (κ3) is 2.09. The van der Waals surface area contributed by atoms with E-state index in [4.69, 9.17) is 0 Å². The normalized spacial score (nSPS) is 22.5. The summed E-state index contributed by atoms with van der Waals surface area (Å²) >= 11 is 1.60.